The van der Waals surface area contributed by atoms with E-state index in [1.165, 1.54) is 6.42 Å². The second-order valence-corrected chi connectivity index (χ2v) is 7.08. The summed E-state index contributed by atoms with van der Waals surface area (Å²) in [6.07, 6.45) is 2.10. The first-order valence-corrected chi connectivity index (χ1v) is 7.49. The number of nitrogens with zero attached hydrogens (tertiary/aromatic N) is 2. The molecular formula is C16H23N3S. The van der Waals surface area contributed by atoms with Gasteiger partial charge in [0.25, 0.3) is 0 Å². The van der Waals surface area contributed by atoms with Crippen LogP contribution in [-0.2, 0) is 6.42 Å². The van der Waals surface area contributed by atoms with Crippen LogP contribution in [-0.4, -0.2) is 14.8 Å². The van der Waals surface area contributed by atoms with Gasteiger partial charge >= 0.3 is 0 Å². The molecule has 0 aliphatic heterocycles. The molecule has 20 heavy (non-hydrogen) atoms. The summed E-state index contributed by atoms with van der Waals surface area (Å²) in [6.45, 7) is 9.10. The van der Waals surface area contributed by atoms with Crippen LogP contribution in [0.25, 0.3) is 5.69 Å². The summed E-state index contributed by atoms with van der Waals surface area (Å²) in [4.78, 5) is 0. The van der Waals surface area contributed by atoms with Gasteiger partial charge in [-0.3, -0.25) is 9.67 Å². The Labute approximate surface area is 126 Å². The zero-order valence-electron chi connectivity index (χ0n) is 12.7. The predicted octanol–water partition coefficient (Wildman–Crippen LogP) is 4.54. The number of benzene rings is 1. The van der Waals surface area contributed by atoms with Gasteiger partial charge in [-0.05, 0) is 42.1 Å². The maximum atomic E-state index is 5.36. The summed E-state index contributed by atoms with van der Waals surface area (Å²) in [7, 11) is 0. The lowest BCUT2D eigenvalue weighted by Gasteiger charge is -2.23. The SMILES string of the molecule is CC(Cc1n[nH]c(=S)n1-c1ccccc1)CC(C)(C)C. The smallest absolute Gasteiger partial charge is 0.199 e. The van der Waals surface area contributed by atoms with Gasteiger partial charge in [-0.1, -0.05) is 45.9 Å². The van der Waals surface area contributed by atoms with Crippen molar-refractivity contribution in [1.82, 2.24) is 14.8 Å². The molecule has 1 unspecified atom stereocenters. The summed E-state index contributed by atoms with van der Waals surface area (Å²) < 4.78 is 2.70. The molecule has 1 heterocycles. The van der Waals surface area contributed by atoms with Gasteiger partial charge in [-0.2, -0.15) is 5.10 Å². The van der Waals surface area contributed by atoms with Gasteiger partial charge in [0.1, 0.15) is 5.82 Å². The molecule has 0 bridgehead atoms. The molecule has 1 N–H and O–H groups in total. The molecule has 0 radical (unpaired) electrons. The fourth-order valence-electron chi connectivity index (χ4n) is 2.74. The normalized spacial score (nSPS) is 13.4. The first-order chi connectivity index (χ1) is 9.37. The third-order valence-corrected chi connectivity index (χ3v) is 3.52. The van der Waals surface area contributed by atoms with E-state index in [9.17, 15) is 0 Å². The maximum absolute atomic E-state index is 5.36. The minimum atomic E-state index is 0.337. The molecule has 0 spiro atoms. The van der Waals surface area contributed by atoms with Crippen molar-refractivity contribution in [3.63, 3.8) is 0 Å². The first kappa shape index (κ1) is 15.0. The highest BCUT2D eigenvalue weighted by Crippen LogP contribution is 2.26. The van der Waals surface area contributed by atoms with Crippen LogP contribution in [0, 0.1) is 16.1 Å². The van der Waals surface area contributed by atoms with Crippen molar-refractivity contribution in [3.05, 3.63) is 40.9 Å². The van der Waals surface area contributed by atoms with Crippen molar-refractivity contribution in [2.24, 2.45) is 11.3 Å². The summed E-state index contributed by atoms with van der Waals surface area (Å²) in [5.74, 6) is 1.58. The molecule has 1 aromatic heterocycles. The quantitative estimate of drug-likeness (QED) is 0.838. The van der Waals surface area contributed by atoms with Crippen LogP contribution in [0.1, 0.15) is 39.9 Å². The Morgan fingerprint density at radius 1 is 1.25 bits per heavy atom. The molecule has 0 aliphatic carbocycles. The molecular weight excluding hydrogens is 266 g/mol. The lowest BCUT2D eigenvalue weighted by molar-refractivity contribution is 0.303. The van der Waals surface area contributed by atoms with Crippen LogP contribution < -0.4 is 0 Å². The van der Waals surface area contributed by atoms with Crippen molar-refractivity contribution in [3.8, 4) is 5.69 Å². The number of aromatic amines is 1. The van der Waals surface area contributed by atoms with E-state index in [-0.39, 0.29) is 0 Å². The Balaban J connectivity index is 2.24. The Morgan fingerprint density at radius 3 is 2.50 bits per heavy atom. The van der Waals surface area contributed by atoms with Crippen LogP contribution >= 0.6 is 12.2 Å². The van der Waals surface area contributed by atoms with Crippen molar-refractivity contribution >= 4 is 12.2 Å². The number of H-pyrrole nitrogens is 1. The fourth-order valence-corrected chi connectivity index (χ4v) is 3.00. The zero-order valence-corrected chi connectivity index (χ0v) is 13.5. The molecule has 1 aromatic carbocycles. The zero-order chi connectivity index (χ0) is 14.8. The number of para-hydroxylation sites is 1. The van der Waals surface area contributed by atoms with E-state index in [1.54, 1.807) is 0 Å². The third-order valence-electron chi connectivity index (χ3n) is 3.25. The van der Waals surface area contributed by atoms with Crippen molar-refractivity contribution < 1.29 is 0 Å². The van der Waals surface area contributed by atoms with E-state index in [0.29, 0.717) is 16.1 Å². The Kier molecular flexibility index (Phi) is 4.43. The van der Waals surface area contributed by atoms with E-state index < -0.39 is 0 Å². The first-order valence-electron chi connectivity index (χ1n) is 7.08. The Hall–Kier alpha value is -1.42. The average molecular weight is 289 g/mol. The van der Waals surface area contributed by atoms with Gasteiger partial charge in [0, 0.05) is 12.1 Å². The van der Waals surface area contributed by atoms with Gasteiger partial charge in [-0.15, -0.1) is 0 Å². The topological polar surface area (TPSA) is 33.6 Å². The van der Waals surface area contributed by atoms with Crippen molar-refractivity contribution in [2.75, 3.05) is 0 Å². The van der Waals surface area contributed by atoms with E-state index in [0.717, 1.165) is 17.9 Å². The minimum Gasteiger partial charge on any atom is -0.272 e. The summed E-state index contributed by atoms with van der Waals surface area (Å²) in [5.41, 5.74) is 1.41. The molecule has 0 saturated heterocycles. The largest absolute Gasteiger partial charge is 0.272 e. The monoisotopic (exact) mass is 289 g/mol. The Morgan fingerprint density at radius 2 is 1.90 bits per heavy atom. The standard InChI is InChI=1S/C16H23N3S/c1-12(11-16(2,3)4)10-14-17-18-15(20)19(14)13-8-6-5-7-9-13/h5-9,12H,10-11H2,1-4H3,(H,18,20). The molecule has 1 atom stereocenters. The molecule has 4 heteroatoms. The second-order valence-electron chi connectivity index (χ2n) is 6.69. The Bertz CT molecular complexity index is 605. The highest BCUT2D eigenvalue weighted by atomic mass is 32.1. The molecule has 108 valence electrons. The lowest BCUT2D eigenvalue weighted by Crippen LogP contribution is -2.15. The fraction of sp³-hybridized carbons (Fsp3) is 0.500. The van der Waals surface area contributed by atoms with Crippen molar-refractivity contribution in [1.29, 1.82) is 0 Å². The average Bonchev–Trinajstić information content (AvgIpc) is 2.69. The second kappa shape index (κ2) is 5.92. The van der Waals surface area contributed by atoms with Gasteiger partial charge in [0.15, 0.2) is 4.77 Å². The molecule has 2 rings (SSSR count). The summed E-state index contributed by atoms with van der Waals surface area (Å²) in [5, 5.41) is 7.33. The van der Waals surface area contributed by atoms with Crippen LogP contribution in [0.2, 0.25) is 0 Å². The van der Waals surface area contributed by atoms with Gasteiger partial charge < -0.3 is 0 Å². The van der Waals surface area contributed by atoms with Gasteiger partial charge in [0.2, 0.25) is 0 Å². The number of aromatic nitrogens is 3. The lowest BCUT2D eigenvalue weighted by atomic mass is 9.84. The number of hydrogen-bond acceptors (Lipinski definition) is 2. The van der Waals surface area contributed by atoms with Crippen LogP contribution in [0.5, 0.6) is 0 Å². The highest BCUT2D eigenvalue weighted by molar-refractivity contribution is 7.71. The number of rotatable bonds is 4. The maximum Gasteiger partial charge on any atom is 0.199 e. The molecule has 3 nitrogen and oxygen atoms in total. The van der Waals surface area contributed by atoms with Crippen LogP contribution in [0.4, 0.5) is 0 Å². The van der Waals surface area contributed by atoms with Gasteiger partial charge in [0.05, 0.1) is 0 Å². The summed E-state index contributed by atoms with van der Waals surface area (Å²) in [6, 6.07) is 10.2. The van der Waals surface area contributed by atoms with E-state index in [2.05, 4.69) is 50.0 Å². The third kappa shape index (κ3) is 3.79. The molecule has 0 fully saturated rings. The highest BCUT2D eigenvalue weighted by Gasteiger charge is 2.18. The molecule has 0 aliphatic rings. The molecule has 2 aromatic rings. The summed E-state index contributed by atoms with van der Waals surface area (Å²) >= 11 is 5.36. The van der Waals surface area contributed by atoms with E-state index in [4.69, 9.17) is 12.2 Å². The number of hydrogen-bond donors (Lipinski definition) is 1. The van der Waals surface area contributed by atoms with Gasteiger partial charge in [-0.25, -0.2) is 0 Å². The molecule has 0 saturated carbocycles. The predicted molar refractivity (Wildman–Crippen MR) is 85.7 cm³/mol. The minimum absolute atomic E-state index is 0.337. The molecule has 0 amide bonds. The van der Waals surface area contributed by atoms with E-state index in [1.807, 2.05) is 22.8 Å². The number of nitrogens with one attached hydrogen (secondary N) is 1. The van der Waals surface area contributed by atoms with Crippen LogP contribution in [0.3, 0.4) is 0 Å². The van der Waals surface area contributed by atoms with Crippen molar-refractivity contribution in [2.45, 2.75) is 40.5 Å². The van der Waals surface area contributed by atoms with Crippen LogP contribution in [0.15, 0.2) is 30.3 Å². The van der Waals surface area contributed by atoms with E-state index >= 15 is 0 Å².